The van der Waals surface area contributed by atoms with Gasteiger partial charge in [-0.2, -0.15) is 13.2 Å². The van der Waals surface area contributed by atoms with Crippen molar-refractivity contribution in [2.45, 2.75) is 6.18 Å². The van der Waals surface area contributed by atoms with Crippen molar-refractivity contribution in [3.05, 3.63) is 24.0 Å². The highest BCUT2D eigenvalue weighted by Crippen LogP contribution is 2.27. The van der Waals surface area contributed by atoms with E-state index in [4.69, 9.17) is 11.6 Å². The number of pyridine rings is 1. The molecule has 0 aliphatic carbocycles. The van der Waals surface area contributed by atoms with Gasteiger partial charge in [0.1, 0.15) is 5.69 Å². The molecule has 17 heavy (non-hydrogen) atoms. The molecule has 2 N–H and O–H groups in total. The van der Waals surface area contributed by atoms with Gasteiger partial charge < -0.3 is 10.6 Å². The zero-order chi connectivity index (χ0) is 12.9. The molecule has 0 aliphatic heterocycles. The first-order valence-electron chi connectivity index (χ1n) is 4.57. The van der Waals surface area contributed by atoms with Gasteiger partial charge in [0, 0.05) is 12.4 Å². The fourth-order valence-corrected chi connectivity index (χ4v) is 1.07. The quantitative estimate of drug-likeness (QED) is 0.827. The number of rotatable bonds is 3. The van der Waals surface area contributed by atoms with E-state index in [-0.39, 0.29) is 18.1 Å². The van der Waals surface area contributed by atoms with E-state index in [0.717, 1.165) is 18.3 Å². The van der Waals surface area contributed by atoms with Crippen molar-refractivity contribution in [1.29, 1.82) is 0 Å². The molecule has 0 saturated heterocycles. The molecule has 1 heterocycles. The number of carbonyl (C=O) groups is 1. The maximum atomic E-state index is 12.2. The van der Waals surface area contributed by atoms with Crippen LogP contribution in [0.15, 0.2) is 18.3 Å². The highest BCUT2D eigenvalue weighted by Gasteiger charge is 2.32. The molecule has 0 saturated carbocycles. The molecule has 0 radical (unpaired) electrons. The fourth-order valence-electron chi connectivity index (χ4n) is 0.972. The zero-order valence-electron chi connectivity index (χ0n) is 8.51. The summed E-state index contributed by atoms with van der Waals surface area (Å²) in [5, 5.41) is 4.71. The lowest BCUT2D eigenvalue weighted by Gasteiger charge is -2.08. The number of carbonyl (C=O) groups excluding carboxylic acids is 1. The summed E-state index contributed by atoms with van der Waals surface area (Å²) in [5.41, 5.74) is -0.839. The third-order valence-electron chi connectivity index (χ3n) is 1.69. The van der Waals surface area contributed by atoms with Crippen LogP contribution in [0.3, 0.4) is 0 Å². The number of amides is 2. The number of nitrogens with zero attached hydrogens (tertiary/aromatic N) is 1. The summed E-state index contributed by atoms with van der Waals surface area (Å²) in [5.74, 6) is 0.249. The minimum Gasteiger partial charge on any atom is -0.337 e. The molecule has 0 fully saturated rings. The Hall–Kier alpha value is -1.50. The van der Waals surface area contributed by atoms with Crippen LogP contribution in [0.1, 0.15) is 5.69 Å². The van der Waals surface area contributed by atoms with Crippen molar-refractivity contribution in [1.82, 2.24) is 10.3 Å². The van der Waals surface area contributed by atoms with Crippen molar-refractivity contribution >= 4 is 23.3 Å². The van der Waals surface area contributed by atoms with Gasteiger partial charge in [0.15, 0.2) is 0 Å². The molecular formula is C9H9ClF3N3O. The summed E-state index contributed by atoms with van der Waals surface area (Å²) in [4.78, 5) is 14.3. The lowest BCUT2D eigenvalue weighted by Crippen LogP contribution is -2.30. The normalized spacial score (nSPS) is 11.1. The Labute approximate surface area is 100 Å². The average molecular weight is 268 g/mol. The van der Waals surface area contributed by atoms with Gasteiger partial charge in [-0.1, -0.05) is 0 Å². The van der Waals surface area contributed by atoms with Gasteiger partial charge in [0.05, 0.1) is 11.9 Å². The SMILES string of the molecule is O=C(NCCCl)Nc1ccc(C(F)(F)F)nc1. The van der Waals surface area contributed by atoms with E-state index >= 15 is 0 Å². The third-order valence-corrected chi connectivity index (χ3v) is 1.88. The second-order valence-corrected chi connectivity index (χ2v) is 3.38. The minimum atomic E-state index is -4.49. The molecule has 0 aromatic carbocycles. The first-order valence-corrected chi connectivity index (χ1v) is 5.11. The van der Waals surface area contributed by atoms with Gasteiger partial charge in [-0.05, 0) is 12.1 Å². The van der Waals surface area contributed by atoms with Crippen LogP contribution in [0.25, 0.3) is 0 Å². The second kappa shape index (κ2) is 5.72. The Kier molecular flexibility index (Phi) is 4.56. The topological polar surface area (TPSA) is 54.0 Å². The van der Waals surface area contributed by atoms with Gasteiger partial charge in [-0.15, -0.1) is 11.6 Å². The van der Waals surface area contributed by atoms with Gasteiger partial charge in [0.2, 0.25) is 0 Å². The standard InChI is InChI=1S/C9H9ClF3N3O/c10-3-4-14-8(17)16-6-1-2-7(15-5-6)9(11,12)13/h1-2,5H,3-4H2,(H2,14,16,17). The largest absolute Gasteiger partial charge is 0.433 e. The third kappa shape index (κ3) is 4.48. The number of nitrogens with one attached hydrogen (secondary N) is 2. The fraction of sp³-hybridized carbons (Fsp3) is 0.333. The van der Waals surface area contributed by atoms with Crippen molar-refractivity contribution < 1.29 is 18.0 Å². The lowest BCUT2D eigenvalue weighted by molar-refractivity contribution is -0.141. The van der Waals surface area contributed by atoms with Crippen molar-refractivity contribution in [2.24, 2.45) is 0 Å². The Morgan fingerprint density at radius 2 is 2.12 bits per heavy atom. The number of aromatic nitrogens is 1. The van der Waals surface area contributed by atoms with E-state index in [9.17, 15) is 18.0 Å². The maximum absolute atomic E-state index is 12.2. The smallest absolute Gasteiger partial charge is 0.337 e. The van der Waals surface area contributed by atoms with Crippen LogP contribution < -0.4 is 10.6 Å². The molecule has 1 aromatic heterocycles. The molecule has 0 spiro atoms. The monoisotopic (exact) mass is 267 g/mol. The van der Waals surface area contributed by atoms with Gasteiger partial charge in [0.25, 0.3) is 0 Å². The highest BCUT2D eigenvalue weighted by atomic mass is 35.5. The predicted octanol–water partition coefficient (Wildman–Crippen LogP) is 2.46. The lowest BCUT2D eigenvalue weighted by atomic mass is 10.3. The van der Waals surface area contributed by atoms with Crippen molar-refractivity contribution in [3.63, 3.8) is 0 Å². The second-order valence-electron chi connectivity index (χ2n) is 3.00. The Balaban J connectivity index is 2.60. The summed E-state index contributed by atoms with van der Waals surface area (Å²) >= 11 is 5.34. The molecule has 0 aliphatic rings. The number of alkyl halides is 4. The number of anilines is 1. The Morgan fingerprint density at radius 1 is 1.41 bits per heavy atom. The molecule has 1 aromatic rings. The van der Waals surface area contributed by atoms with Crippen LogP contribution in [0.2, 0.25) is 0 Å². The van der Waals surface area contributed by atoms with E-state index in [1.165, 1.54) is 0 Å². The van der Waals surface area contributed by atoms with Crippen LogP contribution >= 0.6 is 11.6 Å². The average Bonchev–Trinajstić information content (AvgIpc) is 2.26. The molecule has 2 amide bonds. The first-order chi connectivity index (χ1) is 7.93. The van der Waals surface area contributed by atoms with E-state index in [0.29, 0.717) is 0 Å². The van der Waals surface area contributed by atoms with E-state index in [1.807, 2.05) is 0 Å². The van der Waals surface area contributed by atoms with Crippen molar-refractivity contribution in [2.75, 3.05) is 17.7 Å². The van der Waals surface area contributed by atoms with Crippen LogP contribution in [-0.2, 0) is 6.18 Å². The number of halogens is 4. The van der Waals surface area contributed by atoms with Crippen LogP contribution in [-0.4, -0.2) is 23.4 Å². The zero-order valence-corrected chi connectivity index (χ0v) is 9.27. The molecule has 1 rings (SSSR count). The minimum absolute atomic E-state index is 0.171. The number of urea groups is 1. The van der Waals surface area contributed by atoms with Gasteiger partial charge in [-0.25, -0.2) is 9.78 Å². The first kappa shape index (κ1) is 13.6. The van der Waals surface area contributed by atoms with Gasteiger partial charge >= 0.3 is 12.2 Å². The van der Waals surface area contributed by atoms with Crippen LogP contribution in [0.5, 0.6) is 0 Å². The highest BCUT2D eigenvalue weighted by molar-refractivity contribution is 6.18. The Bertz CT molecular complexity index is 380. The summed E-state index contributed by atoms with van der Waals surface area (Å²) in [7, 11) is 0. The summed E-state index contributed by atoms with van der Waals surface area (Å²) in [6.45, 7) is 0.265. The molecular weight excluding hydrogens is 259 g/mol. The maximum Gasteiger partial charge on any atom is 0.433 e. The molecule has 0 atom stereocenters. The van der Waals surface area contributed by atoms with Gasteiger partial charge in [-0.3, -0.25) is 0 Å². The molecule has 8 heteroatoms. The summed E-state index contributed by atoms with van der Waals surface area (Å²) in [6, 6.07) is 1.36. The predicted molar refractivity (Wildman–Crippen MR) is 57.0 cm³/mol. The summed E-state index contributed by atoms with van der Waals surface area (Å²) in [6.07, 6.45) is -3.55. The van der Waals surface area contributed by atoms with E-state index < -0.39 is 17.9 Å². The molecule has 94 valence electrons. The van der Waals surface area contributed by atoms with Crippen LogP contribution in [0, 0.1) is 0 Å². The Morgan fingerprint density at radius 3 is 2.59 bits per heavy atom. The van der Waals surface area contributed by atoms with Crippen molar-refractivity contribution in [3.8, 4) is 0 Å². The number of hydrogen-bond donors (Lipinski definition) is 2. The molecule has 0 unspecified atom stereocenters. The molecule has 0 bridgehead atoms. The van der Waals surface area contributed by atoms with Crippen LogP contribution in [0.4, 0.5) is 23.7 Å². The molecule has 4 nitrogen and oxygen atoms in total. The number of hydrogen-bond acceptors (Lipinski definition) is 2. The summed E-state index contributed by atoms with van der Waals surface area (Å²) < 4.78 is 36.5. The van der Waals surface area contributed by atoms with E-state index in [2.05, 4.69) is 15.6 Å². The van der Waals surface area contributed by atoms with E-state index in [1.54, 1.807) is 0 Å².